The van der Waals surface area contributed by atoms with Gasteiger partial charge in [0.1, 0.15) is 11.1 Å². The number of carbonyl (C=O) groups excluding carboxylic acids is 1. The molecule has 1 aliphatic carbocycles. The second kappa shape index (κ2) is 7.65. The predicted molar refractivity (Wildman–Crippen MR) is 99.4 cm³/mol. The van der Waals surface area contributed by atoms with E-state index in [0.717, 1.165) is 36.8 Å². The second-order valence-electron chi connectivity index (χ2n) is 5.72. The van der Waals surface area contributed by atoms with Crippen LogP contribution >= 0.6 is 22.9 Å². The van der Waals surface area contributed by atoms with Crippen LogP contribution in [-0.4, -0.2) is 5.91 Å². The Kier molecular flexibility index (Phi) is 5.34. The number of halogens is 1. The smallest absolute Gasteiger partial charge is 0.249 e. The monoisotopic (exact) mass is 356 g/mol. The first-order chi connectivity index (χ1) is 11.7. The minimum absolute atomic E-state index is 0.247. The van der Waals surface area contributed by atoms with Crippen LogP contribution in [0.25, 0.3) is 6.08 Å². The lowest BCUT2D eigenvalue weighted by Gasteiger charge is -2.01. The standard InChI is InChI=1S/C19H17ClN2OS/c20-16-8-5-4-6-13(16)10-11-18(23)22-19-15(12-21)14-7-2-1-3-9-17(14)24-19/h4-6,8,10-11H,1-3,7,9H2,(H,22,23)/b11-10+. The molecule has 1 heterocycles. The molecule has 0 spiro atoms. The summed E-state index contributed by atoms with van der Waals surface area (Å²) < 4.78 is 0. The van der Waals surface area contributed by atoms with Crippen molar-refractivity contribution in [3.8, 4) is 6.07 Å². The van der Waals surface area contributed by atoms with Crippen LogP contribution in [0.5, 0.6) is 0 Å². The lowest BCUT2D eigenvalue weighted by atomic mass is 10.1. The first kappa shape index (κ1) is 16.8. The third-order valence-corrected chi connectivity index (χ3v) is 5.64. The van der Waals surface area contributed by atoms with Crippen molar-refractivity contribution < 1.29 is 4.79 Å². The molecule has 1 aromatic heterocycles. The summed E-state index contributed by atoms with van der Waals surface area (Å²) >= 11 is 7.61. The molecule has 5 heteroatoms. The number of thiophene rings is 1. The average Bonchev–Trinajstić information content (AvgIpc) is 2.74. The van der Waals surface area contributed by atoms with Gasteiger partial charge in [0.15, 0.2) is 0 Å². The number of nitriles is 1. The summed E-state index contributed by atoms with van der Waals surface area (Å²) in [6.45, 7) is 0. The molecule has 0 aliphatic heterocycles. The fraction of sp³-hybridized carbons (Fsp3) is 0.263. The molecular weight excluding hydrogens is 340 g/mol. The molecule has 1 N–H and O–H groups in total. The number of amides is 1. The van der Waals surface area contributed by atoms with Crippen LogP contribution in [0.2, 0.25) is 5.02 Å². The lowest BCUT2D eigenvalue weighted by Crippen LogP contribution is -2.07. The summed E-state index contributed by atoms with van der Waals surface area (Å²) in [6, 6.07) is 9.61. The first-order valence-electron chi connectivity index (χ1n) is 7.97. The number of rotatable bonds is 3. The Balaban J connectivity index is 1.78. The Bertz CT molecular complexity index is 832. The number of hydrogen-bond donors (Lipinski definition) is 1. The van der Waals surface area contributed by atoms with E-state index in [1.54, 1.807) is 12.1 Å². The zero-order valence-corrected chi connectivity index (χ0v) is 14.7. The molecule has 3 rings (SSSR count). The van der Waals surface area contributed by atoms with Crippen molar-refractivity contribution in [2.24, 2.45) is 0 Å². The van der Waals surface area contributed by atoms with Gasteiger partial charge in [-0.25, -0.2) is 0 Å². The molecule has 122 valence electrons. The van der Waals surface area contributed by atoms with E-state index < -0.39 is 0 Å². The average molecular weight is 357 g/mol. The minimum atomic E-state index is -0.247. The van der Waals surface area contributed by atoms with E-state index in [1.165, 1.54) is 28.7 Å². The van der Waals surface area contributed by atoms with Crippen molar-refractivity contribution >= 4 is 39.9 Å². The number of anilines is 1. The Morgan fingerprint density at radius 2 is 2.04 bits per heavy atom. The van der Waals surface area contributed by atoms with Crippen LogP contribution in [-0.2, 0) is 17.6 Å². The van der Waals surface area contributed by atoms with Gasteiger partial charge in [-0.1, -0.05) is 36.2 Å². The van der Waals surface area contributed by atoms with Crippen molar-refractivity contribution in [1.82, 2.24) is 0 Å². The van der Waals surface area contributed by atoms with Gasteiger partial charge in [-0.2, -0.15) is 5.26 Å². The largest absolute Gasteiger partial charge is 0.313 e. The summed E-state index contributed by atoms with van der Waals surface area (Å²) in [5, 5.41) is 13.6. The normalized spacial score (nSPS) is 14.0. The van der Waals surface area contributed by atoms with E-state index in [4.69, 9.17) is 11.6 Å². The maximum absolute atomic E-state index is 12.2. The molecule has 24 heavy (non-hydrogen) atoms. The van der Waals surface area contributed by atoms with E-state index in [2.05, 4.69) is 11.4 Å². The van der Waals surface area contributed by atoms with E-state index in [-0.39, 0.29) is 5.91 Å². The van der Waals surface area contributed by atoms with Gasteiger partial charge in [0.05, 0.1) is 5.56 Å². The molecule has 0 radical (unpaired) electrons. The highest BCUT2D eigenvalue weighted by atomic mass is 35.5. The van der Waals surface area contributed by atoms with Crippen LogP contribution in [0.4, 0.5) is 5.00 Å². The quantitative estimate of drug-likeness (QED) is 0.607. The van der Waals surface area contributed by atoms with Gasteiger partial charge in [0, 0.05) is 16.0 Å². The Morgan fingerprint density at radius 3 is 2.83 bits per heavy atom. The molecule has 1 aliphatic rings. The number of benzene rings is 1. The number of fused-ring (bicyclic) bond motifs is 1. The maximum Gasteiger partial charge on any atom is 0.249 e. The van der Waals surface area contributed by atoms with Crippen molar-refractivity contribution in [3.63, 3.8) is 0 Å². The summed E-state index contributed by atoms with van der Waals surface area (Å²) in [5.41, 5.74) is 2.55. The predicted octanol–water partition coefficient (Wildman–Crippen LogP) is 5.19. The highest BCUT2D eigenvalue weighted by molar-refractivity contribution is 7.16. The maximum atomic E-state index is 12.2. The fourth-order valence-electron chi connectivity index (χ4n) is 2.88. The molecule has 0 atom stereocenters. The van der Waals surface area contributed by atoms with Crippen LogP contribution in [0.3, 0.4) is 0 Å². The van der Waals surface area contributed by atoms with Crippen LogP contribution in [0, 0.1) is 11.3 Å². The Morgan fingerprint density at radius 1 is 1.25 bits per heavy atom. The molecule has 0 fully saturated rings. The van der Waals surface area contributed by atoms with Crippen LogP contribution in [0.15, 0.2) is 30.3 Å². The Labute approximate surface area is 150 Å². The number of nitrogens with zero attached hydrogens (tertiary/aromatic N) is 1. The van der Waals surface area contributed by atoms with E-state index in [0.29, 0.717) is 15.6 Å². The number of nitrogens with one attached hydrogen (secondary N) is 1. The zero-order chi connectivity index (χ0) is 16.9. The molecule has 2 aromatic rings. The molecular formula is C19H17ClN2OS. The van der Waals surface area contributed by atoms with Crippen LogP contribution < -0.4 is 5.32 Å². The molecule has 3 nitrogen and oxygen atoms in total. The van der Waals surface area contributed by atoms with Gasteiger partial charge in [-0.3, -0.25) is 4.79 Å². The topological polar surface area (TPSA) is 52.9 Å². The summed E-state index contributed by atoms with van der Waals surface area (Å²) in [7, 11) is 0. The first-order valence-corrected chi connectivity index (χ1v) is 9.16. The number of aryl methyl sites for hydroxylation is 1. The minimum Gasteiger partial charge on any atom is -0.313 e. The molecule has 0 saturated carbocycles. The van der Waals surface area contributed by atoms with Gasteiger partial charge < -0.3 is 5.32 Å². The fourth-order valence-corrected chi connectivity index (χ4v) is 4.32. The molecule has 0 bridgehead atoms. The lowest BCUT2D eigenvalue weighted by molar-refractivity contribution is -0.111. The summed E-state index contributed by atoms with van der Waals surface area (Å²) in [5.74, 6) is -0.247. The third-order valence-electron chi connectivity index (χ3n) is 4.09. The van der Waals surface area contributed by atoms with Crippen molar-refractivity contribution in [3.05, 3.63) is 56.9 Å². The third kappa shape index (κ3) is 3.69. The summed E-state index contributed by atoms with van der Waals surface area (Å²) in [6.07, 6.45) is 8.53. The number of hydrogen-bond acceptors (Lipinski definition) is 3. The Hall–Kier alpha value is -2.09. The highest BCUT2D eigenvalue weighted by Crippen LogP contribution is 2.36. The van der Waals surface area contributed by atoms with E-state index in [1.807, 2.05) is 18.2 Å². The second-order valence-corrected chi connectivity index (χ2v) is 7.24. The number of carbonyl (C=O) groups is 1. The van der Waals surface area contributed by atoms with E-state index in [9.17, 15) is 10.1 Å². The zero-order valence-electron chi connectivity index (χ0n) is 13.1. The highest BCUT2D eigenvalue weighted by Gasteiger charge is 2.20. The van der Waals surface area contributed by atoms with Crippen molar-refractivity contribution in [2.45, 2.75) is 32.1 Å². The van der Waals surface area contributed by atoms with Crippen LogP contribution in [0.1, 0.15) is 40.8 Å². The summed E-state index contributed by atoms with van der Waals surface area (Å²) in [4.78, 5) is 13.4. The van der Waals surface area contributed by atoms with Crippen molar-refractivity contribution in [2.75, 3.05) is 5.32 Å². The molecule has 0 saturated heterocycles. The van der Waals surface area contributed by atoms with Crippen molar-refractivity contribution in [1.29, 1.82) is 5.26 Å². The molecule has 0 unspecified atom stereocenters. The van der Waals surface area contributed by atoms with E-state index >= 15 is 0 Å². The van der Waals surface area contributed by atoms with Gasteiger partial charge >= 0.3 is 0 Å². The van der Waals surface area contributed by atoms with Gasteiger partial charge in [0.2, 0.25) is 5.91 Å². The SMILES string of the molecule is N#Cc1c(NC(=O)/C=C/c2ccccc2Cl)sc2c1CCCCC2. The molecule has 1 aromatic carbocycles. The molecule has 1 amide bonds. The van der Waals surface area contributed by atoms with Gasteiger partial charge in [-0.05, 0) is 49.0 Å². The van der Waals surface area contributed by atoms with Gasteiger partial charge in [-0.15, -0.1) is 11.3 Å². The van der Waals surface area contributed by atoms with Gasteiger partial charge in [0.25, 0.3) is 0 Å².